The summed E-state index contributed by atoms with van der Waals surface area (Å²) in [7, 11) is 0. The molecule has 0 atom stereocenters. The van der Waals surface area contributed by atoms with Crippen molar-refractivity contribution in [3.05, 3.63) is 53.6 Å². The fourth-order valence-electron chi connectivity index (χ4n) is 1.91. The van der Waals surface area contributed by atoms with E-state index in [1.807, 2.05) is 43.5 Å². The number of aryl methyl sites for hydroxylation is 1. The normalized spacial score (nSPS) is 10.2. The van der Waals surface area contributed by atoms with Crippen molar-refractivity contribution in [2.45, 2.75) is 11.8 Å². The molecule has 104 valence electrons. The predicted molar refractivity (Wildman–Crippen MR) is 85.2 cm³/mol. The minimum Gasteiger partial charge on any atom is -0.324 e. The van der Waals surface area contributed by atoms with E-state index in [9.17, 15) is 4.79 Å². The molecule has 2 aromatic carbocycles. The Bertz CT molecular complexity index is 628. The zero-order valence-corrected chi connectivity index (χ0v) is 12.3. The van der Waals surface area contributed by atoms with Gasteiger partial charge in [-0.15, -0.1) is 11.8 Å². The Morgan fingerprint density at radius 1 is 1.15 bits per heavy atom. The smallest absolute Gasteiger partial charge is 0.255 e. The molecule has 0 aromatic heterocycles. The zero-order valence-electron chi connectivity index (χ0n) is 11.4. The van der Waals surface area contributed by atoms with Crippen molar-refractivity contribution in [3.8, 4) is 0 Å². The number of anilines is 2. The van der Waals surface area contributed by atoms with Crippen LogP contribution in [0.4, 0.5) is 11.4 Å². The number of rotatable bonds is 4. The van der Waals surface area contributed by atoms with Gasteiger partial charge in [0.05, 0.1) is 0 Å². The van der Waals surface area contributed by atoms with Gasteiger partial charge < -0.3 is 10.7 Å². The van der Waals surface area contributed by atoms with E-state index in [4.69, 9.17) is 5.84 Å². The molecule has 0 aliphatic rings. The van der Waals surface area contributed by atoms with Crippen LogP contribution in [-0.4, -0.2) is 12.2 Å². The summed E-state index contributed by atoms with van der Waals surface area (Å²) in [5.74, 6) is 5.23. The molecule has 1 amide bonds. The first-order chi connectivity index (χ1) is 9.63. The van der Waals surface area contributed by atoms with Gasteiger partial charge >= 0.3 is 0 Å². The third-order valence-corrected chi connectivity index (χ3v) is 3.69. The highest BCUT2D eigenvalue weighted by molar-refractivity contribution is 7.98. The molecule has 20 heavy (non-hydrogen) atoms. The molecule has 0 spiro atoms. The van der Waals surface area contributed by atoms with E-state index in [0.29, 0.717) is 5.56 Å². The zero-order chi connectivity index (χ0) is 14.5. The molecular weight excluding hydrogens is 270 g/mol. The van der Waals surface area contributed by atoms with Crippen LogP contribution >= 0.6 is 11.8 Å². The number of nitrogens with one attached hydrogen (secondary N) is 2. The van der Waals surface area contributed by atoms with Crippen LogP contribution in [-0.2, 0) is 0 Å². The van der Waals surface area contributed by atoms with Crippen LogP contribution in [0.3, 0.4) is 0 Å². The molecule has 0 bridgehead atoms. The standard InChI is InChI=1S/C15H17N3OS/c1-10-8-12(18-16)6-7-14(10)15(19)17-11-4-3-5-13(9-11)20-2/h3-9,18H,16H2,1-2H3,(H,17,19). The average Bonchev–Trinajstić information content (AvgIpc) is 2.47. The van der Waals surface area contributed by atoms with E-state index < -0.39 is 0 Å². The van der Waals surface area contributed by atoms with Gasteiger partial charge in [0.1, 0.15) is 0 Å². The van der Waals surface area contributed by atoms with E-state index in [1.165, 1.54) is 0 Å². The second-order valence-electron chi connectivity index (χ2n) is 4.36. The molecule has 0 unspecified atom stereocenters. The van der Waals surface area contributed by atoms with Gasteiger partial charge in [-0.3, -0.25) is 10.6 Å². The van der Waals surface area contributed by atoms with E-state index in [2.05, 4.69) is 10.7 Å². The van der Waals surface area contributed by atoms with Crippen molar-refractivity contribution >= 4 is 29.0 Å². The molecule has 2 rings (SSSR count). The van der Waals surface area contributed by atoms with Crippen LogP contribution in [0.25, 0.3) is 0 Å². The predicted octanol–water partition coefficient (Wildman–Crippen LogP) is 3.25. The van der Waals surface area contributed by atoms with Crippen LogP contribution in [0.2, 0.25) is 0 Å². The van der Waals surface area contributed by atoms with Gasteiger partial charge in [-0.05, 0) is 55.1 Å². The van der Waals surface area contributed by atoms with Crippen molar-refractivity contribution in [2.24, 2.45) is 5.84 Å². The molecule has 0 saturated carbocycles. The third-order valence-electron chi connectivity index (χ3n) is 2.97. The first-order valence-electron chi connectivity index (χ1n) is 6.16. The fraction of sp³-hybridized carbons (Fsp3) is 0.133. The van der Waals surface area contributed by atoms with E-state index in [0.717, 1.165) is 21.8 Å². The number of hydrogen-bond donors (Lipinski definition) is 3. The first-order valence-corrected chi connectivity index (χ1v) is 7.39. The maximum Gasteiger partial charge on any atom is 0.255 e. The minimum absolute atomic E-state index is 0.121. The van der Waals surface area contributed by atoms with E-state index in [-0.39, 0.29) is 5.91 Å². The Hall–Kier alpha value is -1.98. The van der Waals surface area contributed by atoms with Crippen molar-refractivity contribution in [1.82, 2.24) is 0 Å². The Labute approximate surface area is 122 Å². The van der Waals surface area contributed by atoms with Crippen LogP contribution in [0.5, 0.6) is 0 Å². The molecule has 5 heteroatoms. The molecule has 0 radical (unpaired) electrons. The number of hydrazine groups is 1. The Morgan fingerprint density at radius 3 is 2.60 bits per heavy atom. The molecule has 4 nitrogen and oxygen atoms in total. The highest BCUT2D eigenvalue weighted by atomic mass is 32.2. The molecular formula is C15H17N3OS. The number of nitrogens with two attached hydrogens (primary N) is 1. The van der Waals surface area contributed by atoms with Gasteiger partial charge in [-0.25, -0.2) is 0 Å². The highest BCUT2D eigenvalue weighted by Gasteiger charge is 2.09. The average molecular weight is 287 g/mol. The molecule has 0 heterocycles. The number of carbonyl (C=O) groups is 1. The third kappa shape index (κ3) is 3.31. The first kappa shape index (κ1) is 14.4. The van der Waals surface area contributed by atoms with E-state index in [1.54, 1.807) is 23.9 Å². The molecule has 2 aromatic rings. The van der Waals surface area contributed by atoms with Gasteiger partial charge in [-0.1, -0.05) is 6.07 Å². The second-order valence-corrected chi connectivity index (χ2v) is 5.24. The van der Waals surface area contributed by atoms with Gasteiger partial charge in [0.25, 0.3) is 5.91 Å². The summed E-state index contributed by atoms with van der Waals surface area (Å²) in [6.07, 6.45) is 2.00. The fourth-order valence-corrected chi connectivity index (χ4v) is 2.37. The molecule has 0 saturated heterocycles. The molecule has 4 N–H and O–H groups in total. The molecule has 0 fully saturated rings. The number of hydrogen-bond acceptors (Lipinski definition) is 4. The minimum atomic E-state index is -0.121. The monoisotopic (exact) mass is 287 g/mol. The summed E-state index contributed by atoms with van der Waals surface area (Å²) in [5, 5.41) is 2.91. The topological polar surface area (TPSA) is 67.2 Å². The van der Waals surface area contributed by atoms with Crippen molar-refractivity contribution in [2.75, 3.05) is 17.0 Å². The van der Waals surface area contributed by atoms with Gasteiger partial charge in [0, 0.05) is 21.8 Å². The largest absolute Gasteiger partial charge is 0.324 e. The number of amides is 1. The van der Waals surface area contributed by atoms with Crippen LogP contribution in [0, 0.1) is 6.92 Å². The van der Waals surface area contributed by atoms with Gasteiger partial charge in [-0.2, -0.15) is 0 Å². The summed E-state index contributed by atoms with van der Waals surface area (Å²) >= 11 is 1.64. The number of thioether (sulfide) groups is 1. The van der Waals surface area contributed by atoms with Crippen molar-refractivity contribution in [1.29, 1.82) is 0 Å². The van der Waals surface area contributed by atoms with Crippen molar-refractivity contribution < 1.29 is 4.79 Å². The second kappa shape index (κ2) is 6.45. The van der Waals surface area contributed by atoms with Crippen LogP contribution in [0.15, 0.2) is 47.4 Å². The summed E-state index contributed by atoms with van der Waals surface area (Å²) in [6.45, 7) is 1.88. The SMILES string of the molecule is CSc1cccc(NC(=O)c2ccc(NN)cc2C)c1. The van der Waals surface area contributed by atoms with Crippen molar-refractivity contribution in [3.63, 3.8) is 0 Å². The maximum absolute atomic E-state index is 12.3. The van der Waals surface area contributed by atoms with Gasteiger partial charge in [0.2, 0.25) is 0 Å². The number of nitrogen functional groups attached to an aromatic ring is 1. The summed E-state index contributed by atoms with van der Waals surface area (Å²) in [6, 6.07) is 13.1. The lowest BCUT2D eigenvalue weighted by Crippen LogP contribution is -2.14. The Morgan fingerprint density at radius 2 is 1.95 bits per heavy atom. The number of benzene rings is 2. The van der Waals surface area contributed by atoms with Gasteiger partial charge in [0.15, 0.2) is 0 Å². The number of carbonyl (C=O) groups excluding carboxylic acids is 1. The molecule has 0 aliphatic carbocycles. The molecule has 0 aliphatic heterocycles. The lowest BCUT2D eigenvalue weighted by molar-refractivity contribution is 0.102. The lowest BCUT2D eigenvalue weighted by Gasteiger charge is -2.10. The maximum atomic E-state index is 12.3. The Balaban J connectivity index is 2.19. The van der Waals surface area contributed by atoms with E-state index >= 15 is 0 Å². The highest BCUT2D eigenvalue weighted by Crippen LogP contribution is 2.20. The lowest BCUT2D eigenvalue weighted by atomic mass is 10.1. The Kier molecular flexibility index (Phi) is 4.65. The summed E-state index contributed by atoms with van der Waals surface area (Å²) in [4.78, 5) is 13.4. The van der Waals surface area contributed by atoms with Crippen LogP contribution in [0.1, 0.15) is 15.9 Å². The van der Waals surface area contributed by atoms with Crippen LogP contribution < -0.4 is 16.6 Å². The summed E-state index contributed by atoms with van der Waals surface area (Å²) in [5.41, 5.74) is 5.65. The summed E-state index contributed by atoms with van der Waals surface area (Å²) < 4.78 is 0. The quantitative estimate of drug-likeness (QED) is 0.459.